The van der Waals surface area contributed by atoms with Gasteiger partial charge >= 0.3 is 0 Å². The molecule has 0 aliphatic heterocycles. The molecule has 0 spiro atoms. The topological polar surface area (TPSA) is 34.1 Å². The minimum Gasteiger partial charge on any atom is -0.492 e. The van der Waals surface area contributed by atoms with Crippen LogP contribution in [0.2, 0.25) is 0 Å². The Labute approximate surface area is 122 Å². The zero-order valence-electron chi connectivity index (χ0n) is 11.3. The van der Waals surface area contributed by atoms with E-state index in [4.69, 9.17) is 4.74 Å². The first-order chi connectivity index (χ1) is 9.81. The maximum absolute atomic E-state index is 5.64. The lowest BCUT2D eigenvalue weighted by atomic mass is 10.2. The van der Waals surface area contributed by atoms with E-state index in [2.05, 4.69) is 35.4 Å². The van der Waals surface area contributed by atoms with Crippen LogP contribution in [0.4, 0.5) is 5.13 Å². The summed E-state index contributed by atoms with van der Waals surface area (Å²) in [5.74, 6) is 0.897. The summed E-state index contributed by atoms with van der Waals surface area (Å²) in [7, 11) is 0. The fraction of sp³-hybridized carbons (Fsp3) is 0.188. The van der Waals surface area contributed by atoms with Gasteiger partial charge in [0, 0.05) is 0 Å². The number of nitrogens with zero attached hydrogens (tertiary/aromatic N) is 1. The lowest BCUT2D eigenvalue weighted by molar-refractivity contribution is 0.333. The molecule has 0 aliphatic rings. The molecule has 0 unspecified atom stereocenters. The second kappa shape index (κ2) is 5.92. The van der Waals surface area contributed by atoms with Crippen molar-refractivity contribution >= 4 is 26.7 Å². The van der Waals surface area contributed by atoms with Crippen molar-refractivity contribution in [3.8, 4) is 5.75 Å². The van der Waals surface area contributed by atoms with Crippen molar-refractivity contribution in [1.82, 2.24) is 4.98 Å². The quantitative estimate of drug-likeness (QED) is 0.716. The number of aryl methyl sites for hydroxylation is 1. The molecular weight excluding hydrogens is 268 g/mol. The number of rotatable bonds is 5. The van der Waals surface area contributed by atoms with E-state index >= 15 is 0 Å². The lowest BCUT2D eigenvalue weighted by Crippen LogP contribution is -2.11. The summed E-state index contributed by atoms with van der Waals surface area (Å²) in [6.45, 7) is 3.45. The van der Waals surface area contributed by atoms with Gasteiger partial charge in [-0.2, -0.15) is 0 Å². The number of aromatic nitrogens is 1. The van der Waals surface area contributed by atoms with E-state index in [0.29, 0.717) is 6.61 Å². The van der Waals surface area contributed by atoms with Crippen molar-refractivity contribution in [2.75, 3.05) is 18.5 Å². The highest BCUT2D eigenvalue weighted by atomic mass is 32.1. The molecule has 0 saturated heterocycles. The van der Waals surface area contributed by atoms with Gasteiger partial charge in [-0.15, -0.1) is 0 Å². The molecule has 3 rings (SSSR count). The van der Waals surface area contributed by atoms with E-state index in [0.717, 1.165) is 22.9 Å². The molecule has 1 aromatic heterocycles. The average Bonchev–Trinajstić information content (AvgIpc) is 2.86. The fourth-order valence-electron chi connectivity index (χ4n) is 1.96. The highest BCUT2D eigenvalue weighted by Crippen LogP contribution is 2.26. The van der Waals surface area contributed by atoms with Crippen LogP contribution in [-0.4, -0.2) is 18.1 Å². The van der Waals surface area contributed by atoms with Crippen LogP contribution in [0, 0.1) is 6.92 Å². The van der Waals surface area contributed by atoms with Crippen molar-refractivity contribution in [2.24, 2.45) is 0 Å². The van der Waals surface area contributed by atoms with Gasteiger partial charge in [0.15, 0.2) is 5.13 Å². The predicted octanol–water partition coefficient (Wildman–Crippen LogP) is 4.10. The minimum absolute atomic E-state index is 0.624. The number of nitrogens with one attached hydrogen (secondary N) is 1. The monoisotopic (exact) mass is 284 g/mol. The molecule has 0 bridgehead atoms. The second-order valence-electron chi connectivity index (χ2n) is 4.58. The molecular formula is C16H16N2OS. The van der Waals surface area contributed by atoms with Crippen LogP contribution < -0.4 is 10.1 Å². The third-order valence-electron chi connectivity index (χ3n) is 2.93. The fourth-order valence-corrected chi connectivity index (χ4v) is 2.83. The molecule has 0 atom stereocenters. The number of thiazole rings is 1. The summed E-state index contributed by atoms with van der Waals surface area (Å²) in [5.41, 5.74) is 2.29. The van der Waals surface area contributed by atoms with E-state index in [-0.39, 0.29) is 0 Å². The van der Waals surface area contributed by atoms with Gasteiger partial charge in [-0.25, -0.2) is 4.98 Å². The number of benzene rings is 2. The summed E-state index contributed by atoms with van der Waals surface area (Å²) in [5, 5.41) is 4.25. The first kappa shape index (κ1) is 12.9. The zero-order chi connectivity index (χ0) is 13.8. The van der Waals surface area contributed by atoms with Crippen LogP contribution in [0.15, 0.2) is 48.5 Å². The van der Waals surface area contributed by atoms with Crippen molar-refractivity contribution in [3.05, 3.63) is 54.1 Å². The van der Waals surface area contributed by atoms with Gasteiger partial charge in [-0.3, -0.25) is 0 Å². The molecule has 1 heterocycles. The summed E-state index contributed by atoms with van der Waals surface area (Å²) in [4.78, 5) is 4.57. The molecule has 0 fully saturated rings. The Morgan fingerprint density at radius 2 is 2.00 bits per heavy atom. The Bertz CT molecular complexity index is 694. The summed E-state index contributed by atoms with van der Waals surface area (Å²) in [6.07, 6.45) is 0. The Balaban J connectivity index is 1.55. The first-order valence-corrected chi connectivity index (χ1v) is 7.42. The molecule has 20 heavy (non-hydrogen) atoms. The second-order valence-corrected chi connectivity index (χ2v) is 5.61. The van der Waals surface area contributed by atoms with Gasteiger partial charge in [0.25, 0.3) is 0 Å². The summed E-state index contributed by atoms with van der Waals surface area (Å²) < 4.78 is 6.85. The Morgan fingerprint density at radius 3 is 2.85 bits per heavy atom. The predicted molar refractivity (Wildman–Crippen MR) is 84.8 cm³/mol. The molecule has 3 aromatic rings. The number of para-hydroxylation sites is 1. The van der Waals surface area contributed by atoms with Crippen LogP contribution in [0.1, 0.15) is 5.56 Å². The van der Waals surface area contributed by atoms with Crippen LogP contribution in [0.5, 0.6) is 5.75 Å². The number of anilines is 1. The first-order valence-electron chi connectivity index (χ1n) is 6.60. The third kappa shape index (κ3) is 3.08. The molecule has 0 amide bonds. The SMILES string of the molecule is Cc1ccc2sc(NCCOc3ccccc3)nc2c1. The molecule has 4 heteroatoms. The summed E-state index contributed by atoms with van der Waals surface area (Å²) >= 11 is 1.67. The third-order valence-corrected chi connectivity index (χ3v) is 3.93. The normalized spacial score (nSPS) is 10.7. The van der Waals surface area contributed by atoms with Crippen molar-refractivity contribution < 1.29 is 4.74 Å². The smallest absolute Gasteiger partial charge is 0.183 e. The minimum atomic E-state index is 0.624. The highest BCUT2D eigenvalue weighted by molar-refractivity contribution is 7.22. The zero-order valence-corrected chi connectivity index (χ0v) is 12.1. The van der Waals surface area contributed by atoms with Gasteiger partial charge in [-0.1, -0.05) is 35.6 Å². The largest absolute Gasteiger partial charge is 0.492 e. The van der Waals surface area contributed by atoms with Crippen LogP contribution >= 0.6 is 11.3 Å². The van der Waals surface area contributed by atoms with Crippen LogP contribution in [0.3, 0.4) is 0 Å². The van der Waals surface area contributed by atoms with Gasteiger partial charge in [0.2, 0.25) is 0 Å². The Hall–Kier alpha value is -2.07. The van der Waals surface area contributed by atoms with Gasteiger partial charge in [-0.05, 0) is 36.8 Å². The molecule has 102 valence electrons. The molecule has 0 radical (unpaired) electrons. The van der Waals surface area contributed by atoms with Crippen molar-refractivity contribution in [1.29, 1.82) is 0 Å². The number of hydrogen-bond acceptors (Lipinski definition) is 4. The van der Waals surface area contributed by atoms with E-state index in [1.165, 1.54) is 10.3 Å². The van der Waals surface area contributed by atoms with E-state index < -0.39 is 0 Å². The van der Waals surface area contributed by atoms with Crippen LogP contribution in [-0.2, 0) is 0 Å². The molecule has 1 N–H and O–H groups in total. The molecule has 3 nitrogen and oxygen atoms in total. The van der Waals surface area contributed by atoms with Gasteiger partial charge < -0.3 is 10.1 Å². The van der Waals surface area contributed by atoms with Gasteiger partial charge in [0.1, 0.15) is 12.4 Å². The highest BCUT2D eigenvalue weighted by Gasteiger charge is 2.03. The molecule has 0 aliphatic carbocycles. The average molecular weight is 284 g/mol. The van der Waals surface area contributed by atoms with E-state index in [9.17, 15) is 0 Å². The van der Waals surface area contributed by atoms with E-state index in [1.54, 1.807) is 11.3 Å². The summed E-state index contributed by atoms with van der Waals surface area (Å²) in [6, 6.07) is 16.2. The maximum atomic E-state index is 5.64. The van der Waals surface area contributed by atoms with Crippen molar-refractivity contribution in [2.45, 2.75) is 6.92 Å². The number of ether oxygens (including phenoxy) is 1. The molecule has 0 saturated carbocycles. The Morgan fingerprint density at radius 1 is 1.15 bits per heavy atom. The molecule has 2 aromatic carbocycles. The number of hydrogen-bond donors (Lipinski definition) is 1. The Kier molecular flexibility index (Phi) is 3.83. The van der Waals surface area contributed by atoms with Crippen LogP contribution in [0.25, 0.3) is 10.2 Å². The lowest BCUT2D eigenvalue weighted by Gasteiger charge is -2.05. The maximum Gasteiger partial charge on any atom is 0.183 e. The van der Waals surface area contributed by atoms with Gasteiger partial charge in [0.05, 0.1) is 16.8 Å². The van der Waals surface area contributed by atoms with E-state index in [1.807, 2.05) is 30.3 Å². The van der Waals surface area contributed by atoms with Crippen molar-refractivity contribution in [3.63, 3.8) is 0 Å². The standard InChI is InChI=1S/C16H16N2OS/c1-12-7-8-15-14(11-12)18-16(20-15)17-9-10-19-13-5-3-2-4-6-13/h2-8,11H,9-10H2,1H3,(H,17,18). The number of fused-ring (bicyclic) bond motifs is 1.